The summed E-state index contributed by atoms with van der Waals surface area (Å²) in [6, 6.07) is 5.08. The van der Waals surface area contributed by atoms with Gasteiger partial charge >= 0.3 is 0 Å². The zero-order chi connectivity index (χ0) is 12.8. The van der Waals surface area contributed by atoms with Gasteiger partial charge in [-0.25, -0.2) is 0 Å². The van der Waals surface area contributed by atoms with Gasteiger partial charge in [-0.15, -0.1) is 0 Å². The first-order chi connectivity index (χ1) is 7.99. The van der Waals surface area contributed by atoms with E-state index in [4.69, 9.17) is 32.7 Å². The average molecular weight is 277 g/mol. The predicted molar refractivity (Wildman–Crippen MR) is 63.9 cm³/mol. The minimum absolute atomic E-state index is 0.268. The third-order valence-corrected chi connectivity index (χ3v) is 2.00. The summed E-state index contributed by atoms with van der Waals surface area (Å²) in [5.41, 5.74) is 0.923. The molecule has 0 amide bonds. The third kappa shape index (κ3) is 5.06. The maximum absolute atomic E-state index is 10.6. The van der Waals surface area contributed by atoms with Crippen molar-refractivity contribution in [3.8, 4) is 11.5 Å². The molecule has 0 unspecified atom stereocenters. The van der Waals surface area contributed by atoms with Gasteiger partial charge in [-0.2, -0.15) is 0 Å². The Bertz CT molecular complexity index is 431. The summed E-state index contributed by atoms with van der Waals surface area (Å²) < 4.78 is 10.3. The molecule has 0 spiro atoms. The molecule has 1 aromatic rings. The van der Waals surface area contributed by atoms with Crippen molar-refractivity contribution in [2.45, 2.75) is 6.92 Å². The maximum Gasteiger partial charge on any atom is 0.259 e. The van der Waals surface area contributed by atoms with Crippen LogP contribution in [0.25, 0.3) is 0 Å². The highest BCUT2D eigenvalue weighted by atomic mass is 35.5. The first-order valence-corrected chi connectivity index (χ1v) is 5.47. The first kappa shape index (κ1) is 13.8. The second-order valence-electron chi connectivity index (χ2n) is 3.24. The molecule has 1 aromatic carbocycles. The fourth-order valence-electron chi connectivity index (χ4n) is 1.12. The first-order valence-electron chi connectivity index (χ1n) is 4.72. The quantitative estimate of drug-likeness (QED) is 0.748. The van der Waals surface area contributed by atoms with Crippen LogP contribution in [0.3, 0.4) is 0 Å². The predicted octanol–water partition coefficient (Wildman–Crippen LogP) is 2.28. The van der Waals surface area contributed by atoms with Crippen LogP contribution in [-0.4, -0.2) is 23.7 Å². The second-order valence-corrected chi connectivity index (χ2v) is 4.08. The van der Waals surface area contributed by atoms with Crippen molar-refractivity contribution >= 4 is 33.7 Å². The number of hydrogen-bond donors (Lipinski definition) is 0. The van der Waals surface area contributed by atoms with Crippen molar-refractivity contribution < 1.29 is 19.1 Å². The number of aryl methyl sites for hydroxylation is 1. The largest absolute Gasteiger partial charge is 0.481 e. The summed E-state index contributed by atoms with van der Waals surface area (Å²) >= 11 is 10.3. The smallest absolute Gasteiger partial charge is 0.259 e. The van der Waals surface area contributed by atoms with Gasteiger partial charge in [0.2, 0.25) is 0 Å². The molecule has 1 rings (SSSR count). The zero-order valence-corrected chi connectivity index (χ0v) is 10.5. The molecular formula is C11H10Cl2O4. The average Bonchev–Trinajstić information content (AvgIpc) is 2.24. The van der Waals surface area contributed by atoms with Crippen LogP contribution >= 0.6 is 23.2 Å². The van der Waals surface area contributed by atoms with Gasteiger partial charge < -0.3 is 9.47 Å². The molecule has 0 fully saturated rings. The van der Waals surface area contributed by atoms with Gasteiger partial charge in [0.25, 0.3) is 10.5 Å². The van der Waals surface area contributed by atoms with Crippen molar-refractivity contribution in [1.82, 2.24) is 0 Å². The van der Waals surface area contributed by atoms with E-state index in [0.29, 0.717) is 11.5 Å². The third-order valence-electron chi connectivity index (χ3n) is 1.78. The molecular weight excluding hydrogens is 267 g/mol. The van der Waals surface area contributed by atoms with Crippen molar-refractivity contribution in [2.24, 2.45) is 0 Å². The molecule has 0 aliphatic carbocycles. The number of rotatable bonds is 6. The van der Waals surface area contributed by atoms with Crippen LogP contribution in [0.1, 0.15) is 5.56 Å². The Morgan fingerprint density at radius 3 is 2.12 bits per heavy atom. The molecule has 0 aromatic heterocycles. The molecule has 17 heavy (non-hydrogen) atoms. The SMILES string of the molecule is Cc1ccc(OCC(=O)Cl)c(OCC(=O)Cl)c1. The van der Waals surface area contributed by atoms with Gasteiger partial charge in [-0.3, -0.25) is 9.59 Å². The molecule has 92 valence electrons. The van der Waals surface area contributed by atoms with E-state index in [0.717, 1.165) is 5.56 Å². The van der Waals surface area contributed by atoms with E-state index in [9.17, 15) is 9.59 Å². The molecule has 0 N–H and O–H groups in total. The highest BCUT2D eigenvalue weighted by Gasteiger charge is 2.08. The number of benzene rings is 1. The number of ether oxygens (including phenoxy) is 2. The van der Waals surface area contributed by atoms with Crippen LogP contribution in [0, 0.1) is 6.92 Å². The van der Waals surface area contributed by atoms with Crippen LogP contribution in [0.5, 0.6) is 11.5 Å². The molecule has 0 heterocycles. The summed E-state index contributed by atoms with van der Waals surface area (Å²) in [6.07, 6.45) is 0. The van der Waals surface area contributed by atoms with E-state index in [2.05, 4.69) is 0 Å². The number of carbonyl (C=O) groups excluding carboxylic acids is 2. The van der Waals surface area contributed by atoms with Gasteiger partial charge in [-0.1, -0.05) is 6.07 Å². The maximum atomic E-state index is 10.6. The fourth-order valence-corrected chi connectivity index (χ4v) is 1.23. The van der Waals surface area contributed by atoms with Gasteiger partial charge in [-0.05, 0) is 47.8 Å². The van der Waals surface area contributed by atoms with E-state index in [1.807, 2.05) is 6.92 Å². The van der Waals surface area contributed by atoms with E-state index in [-0.39, 0.29) is 13.2 Å². The van der Waals surface area contributed by atoms with Crippen molar-refractivity contribution in [2.75, 3.05) is 13.2 Å². The number of halogens is 2. The Labute approximate surface area is 108 Å². The summed E-state index contributed by atoms with van der Waals surface area (Å²) in [5.74, 6) is 0.680. The minimum Gasteiger partial charge on any atom is -0.481 e. The van der Waals surface area contributed by atoms with Gasteiger partial charge in [0.15, 0.2) is 24.7 Å². The van der Waals surface area contributed by atoms with Crippen molar-refractivity contribution in [1.29, 1.82) is 0 Å². The zero-order valence-electron chi connectivity index (χ0n) is 9.04. The molecule has 0 aliphatic heterocycles. The lowest BCUT2D eigenvalue weighted by atomic mass is 10.2. The minimum atomic E-state index is -0.620. The highest BCUT2D eigenvalue weighted by molar-refractivity contribution is 6.64. The van der Waals surface area contributed by atoms with E-state index in [1.54, 1.807) is 18.2 Å². The summed E-state index contributed by atoms with van der Waals surface area (Å²) in [7, 11) is 0. The molecule has 0 bridgehead atoms. The lowest BCUT2D eigenvalue weighted by Crippen LogP contribution is -2.09. The van der Waals surface area contributed by atoms with Crippen LogP contribution < -0.4 is 9.47 Å². The summed E-state index contributed by atoms with van der Waals surface area (Å²) in [4.78, 5) is 21.2. The monoisotopic (exact) mass is 276 g/mol. The van der Waals surface area contributed by atoms with Gasteiger partial charge in [0.1, 0.15) is 0 Å². The number of carbonyl (C=O) groups is 2. The lowest BCUT2D eigenvalue weighted by molar-refractivity contribution is -0.114. The second kappa shape index (κ2) is 6.47. The van der Waals surface area contributed by atoms with Crippen molar-refractivity contribution in [3.05, 3.63) is 23.8 Å². The molecule has 0 saturated heterocycles. The van der Waals surface area contributed by atoms with Crippen molar-refractivity contribution in [3.63, 3.8) is 0 Å². The molecule has 4 nitrogen and oxygen atoms in total. The molecule has 0 aliphatic rings. The normalized spacial score (nSPS) is 9.82. The Balaban J connectivity index is 2.79. The molecule has 0 saturated carbocycles. The Hall–Kier alpha value is -1.26. The molecule has 0 atom stereocenters. The van der Waals surface area contributed by atoms with Crippen LogP contribution in [0.4, 0.5) is 0 Å². The summed E-state index contributed by atoms with van der Waals surface area (Å²) in [6.45, 7) is 1.32. The fraction of sp³-hybridized carbons (Fsp3) is 0.273. The molecule has 6 heteroatoms. The van der Waals surface area contributed by atoms with Gasteiger partial charge in [0, 0.05) is 0 Å². The highest BCUT2D eigenvalue weighted by Crippen LogP contribution is 2.28. The van der Waals surface area contributed by atoms with Gasteiger partial charge in [0.05, 0.1) is 0 Å². The topological polar surface area (TPSA) is 52.6 Å². The Kier molecular flexibility index (Phi) is 5.25. The van der Waals surface area contributed by atoms with Crippen LogP contribution in [0.15, 0.2) is 18.2 Å². The molecule has 0 radical (unpaired) electrons. The van der Waals surface area contributed by atoms with E-state index >= 15 is 0 Å². The van der Waals surface area contributed by atoms with Crippen LogP contribution in [0.2, 0.25) is 0 Å². The number of hydrogen-bond acceptors (Lipinski definition) is 4. The summed E-state index contributed by atoms with van der Waals surface area (Å²) in [5, 5.41) is -1.24. The van der Waals surface area contributed by atoms with Crippen LogP contribution in [-0.2, 0) is 9.59 Å². The lowest BCUT2D eigenvalue weighted by Gasteiger charge is -2.11. The van der Waals surface area contributed by atoms with E-state index < -0.39 is 10.5 Å². The van der Waals surface area contributed by atoms with E-state index in [1.165, 1.54) is 0 Å². The Morgan fingerprint density at radius 1 is 1.06 bits per heavy atom. The standard InChI is InChI=1S/C11H10Cl2O4/c1-7-2-3-8(16-5-10(12)14)9(4-7)17-6-11(13)15/h2-4H,5-6H2,1H3. The Morgan fingerprint density at radius 2 is 1.59 bits per heavy atom.